The Morgan fingerprint density at radius 2 is 0.939 bits per heavy atom. The van der Waals surface area contributed by atoms with Crippen molar-refractivity contribution < 1.29 is 4.57 Å². The Labute approximate surface area is 208 Å². The highest BCUT2D eigenvalue weighted by Gasteiger charge is 2.16. The van der Waals surface area contributed by atoms with Crippen LogP contribution in [0.1, 0.15) is 168 Å². The zero-order chi connectivity index (χ0) is 23.8. The van der Waals surface area contributed by atoms with E-state index in [-0.39, 0.29) is 0 Å². The van der Waals surface area contributed by atoms with Crippen molar-refractivity contribution >= 4 is 0 Å². The lowest BCUT2D eigenvalue weighted by atomic mass is 10.1. The van der Waals surface area contributed by atoms with E-state index in [0.29, 0.717) is 0 Å². The molecule has 0 radical (unpaired) electrons. The maximum absolute atomic E-state index is 2.61. The van der Waals surface area contributed by atoms with Crippen molar-refractivity contribution in [2.45, 2.75) is 182 Å². The molecule has 0 aliphatic carbocycles. The van der Waals surface area contributed by atoms with Gasteiger partial charge >= 0.3 is 0 Å². The highest BCUT2D eigenvalue weighted by Crippen LogP contribution is 2.13. The van der Waals surface area contributed by atoms with Crippen molar-refractivity contribution in [3.05, 3.63) is 18.2 Å². The topological polar surface area (TPSA) is 8.81 Å². The number of unbranched alkanes of at least 4 members (excludes halogenated alkanes) is 19. The monoisotopic (exact) mass is 461 g/mol. The number of aromatic nitrogens is 2. The summed E-state index contributed by atoms with van der Waals surface area (Å²) in [5.41, 5.74) is 0. The van der Waals surface area contributed by atoms with Gasteiger partial charge in [-0.1, -0.05) is 130 Å². The minimum Gasteiger partial charge on any atom is -0.234 e. The average Bonchev–Trinajstić information content (AvgIpc) is 3.21. The van der Waals surface area contributed by atoms with Crippen molar-refractivity contribution in [3.63, 3.8) is 0 Å². The number of nitrogens with zero attached hydrogens (tertiary/aromatic N) is 2. The van der Waals surface area contributed by atoms with Crippen LogP contribution in [0.25, 0.3) is 0 Å². The van der Waals surface area contributed by atoms with Gasteiger partial charge in [0.15, 0.2) is 0 Å². The molecule has 1 aromatic heterocycles. The first-order chi connectivity index (χ1) is 16.3. The molecule has 0 bridgehead atoms. The third-order valence-corrected chi connectivity index (χ3v) is 7.35. The molecular weight excluding hydrogens is 400 g/mol. The molecule has 194 valence electrons. The molecule has 1 rings (SSSR count). The summed E-state index contributed by atoms with van der Waals surface area (Å²) in [5, 5.41) is 0. The van der Waals surface area contributed by atoms with E-state index >= 15 is 0 Å². The van der Waals surface area contributed by atoms with Gasteiger partial charge in [0, 0.05) is 6.42 Å². The van der Waals surface area contributed by atoms with Gasteiger partial charge < -0.3 is 0 Å². The first-order valence-electron chi connectivity index (χ1n) is 15.4. The molecule has 0 spiro atoms. The summed E-state index contributed by atoms with van der Waals surface area (Å²) < 4.78 is 5.21. The van der Waals surface area contributed by atoms with Crippen LogP contribution in [-0.4, -0.2) is 4.57 Å². The Morgan fingerprint density at radius 3 is 1.45 bits per heavy atom. The minimum atomic E-state index is 1.23. The zero-order valence-electron chi connectivity index (χ0n) is 23.2. The van der Waals surface area contributed by atoms with Crippen molar-refractivity contribution in [1.29, 1.82) is 0 Å². The van der Waals surface area contributed by atoms with Gasteiger partial charge in [-0.3, -0.25) is 0 Å². The molecule has 0 saturated carbocycles. The molecule has 0 aromatic carbocycles. The molecule has 1 aromatic rings. The average molecular weight is 462 g/mol. The first kappa shape index (κ1) is 30.2. The van der Waals surface area contributed by atoms with Gasteiger partial charge in [0.05, 0.1) is 13.1 Å². The summed E-state index contributed by atoms with van der Waals surface area (Å²) in [6, 6.07) is 0. The van der Waals surface area contributed by atoms with Crippen LogP contribution in [0.3, 0.4) is 0 Å². The van der Waals surface area contributed by atoms with Crippen LogP contribution in [0.5, 0.6) is 0 Å². The Balaban J connectivity index is 2.39. The zero-order valence-corrected chi connectivity index (χ0v) is 23.2. The summed E-state index contributed by atoms with van der Waals surface area (Å²) in [6.45, 7) is 9.38. The quantitative estimate of drug-likeness (QED) is 0.101. The maximum atomic E-state index is 2.61. The lowest BCUT2D eigenvalue weighted by Gasteiger charge is -2.07. The molecule has 0 amide bonds. The van der Waals surface area contributed by atoms with E-state index in [1.165, 1.54) is 161 Å². The summed E-state index contributed by atoms with van der Waals surface area (Å²) in [6.07, 6.45) is 37.0. The van der Waals surface area contributed by atoms with Crippen LogP contribution >= 0.6 is 0 Å². The van der Waals surface area contributed by atoms with E-state index in [1.807, 2.05) is 0 Å². The molecule has 1 heterocycles. The van der Waals surface area contributed by atoms with Gasteiger partial charge in [0.2, 0.25) is 0 Å². The van der Waals surface area contributed by atoms with Gasteiger partial charge in [-0.2, -0.15) is 0 Å². The number of imidazole rings is 1. The number of rotatable bonds is 25. The molecule has 33 heavy (non-hydrogen) atoms. The second kappa shape index (κ2) is 23.0. The van der Waals surface area contributed by atoms with Crippen LogP contribution < -0.4 is 4.57 Å². The van der Waals surface area contributed by atoms with Crippen LogP contribution in [0, 0.1) is 0 Å². The fourth-order valence-corrected chi connectivity index (χ4v) is 5.09. The Bertz CT molecular complexity index is 519. The van der Waals surface area contributed by atoms with E-state index in [2.05, 4.69) is 42.3 Å². The molecule has 0 atom stereocenters. The van der Waals surface area contributed by atoms with Gasteiger partial charge in [-0.15, -0.1) is 0 Å². The highest BCUT2D eigenvalue weighted by atomic mass is 15.1. The fraction of sp³-hybridized carbons (Fsp3) is 0.903. The number of aryl methyl sites for hydroxylation is 2. The number of hydrogen-bond acceptors (Lipinski definition) is 0. The standard InChI is InChI=1S/C31H61N2/c1-4-7-10-13-16-19-22-25-28-33-30-29-32(27-24-21-18-15-12-9-6-3)31(33)26-23-20-17-14-11-8-5-2/h29-30H,4-28H2,1-3H3/q+1. The molecule has 2 heteroatoms. The SMILES string of the molecule is CCCCCCCCCC[n+]1ccn(CCCCCCCCC)c1CCCCCCCCC. The van der Waals surface area contributed by atoms with Gasteiger partial charge in [0.25, 0.3) is 5.82 Å². The van der Waals surface area contributed by atoms with Gasteiger partial charge in [-0.25, -0.2) is 9.13 Å². The van der Waals surface area contributed by atoms with Crippen LogP contribution in [0.15, 0.2) is 12.4 Å². The van der Waals surface area contributed by atoms with E-state index in [4.69, 9.17) is 0 Å². The van der Waals surface area contributed by atoms with Gasteiger partial charge in [-0.05, 0) is 32.1 Å². The molecule has 0 aliphatic heterocycles. The summed E-state index contributed by atoms with van der Waals surface area (Å²) in [5.74, 6) is 1.61. The van der Waals surface area contributed by atoms with E-state index in [9.17, 15) is 0 Å². The second-order valence-electron chi connectivity index (χ2n) is 10.6. The normalized spacial score (nSPS) is 11.5. The van der Waals surface area contributed by atoms with E-state index in [1.54, 1.807) is 5.82 Å². The third kappa shape index (κ3) is 16.5. The lowest BCUT2D eigenvalue weighted by molar-refractivity contribution is -0.704. The Kier molecular flexibility index (Phi) is 21.1. The molecule has 0 saturated heterocycles. The molecule has 0 aliphatic rings. The van der Waals surface area contributed by atoms with Crippen molar-refractivity contribution in [2.24, 2.45) is 0 Å². The van der Waals surface area contributed by atoms with E-state index in [0.717, 1.165) is 0 Å². The van der Waals surface area contributed by atoms with Crippen LogP contribution in [0.4, 0.5) is 0 Å². The highest BCUT2D eigenvalue weighted by molar-refractivity contribution is 4.84. The van der Waals surface area contributed by atoms with Crippen molar-refractivity contribution in [1.82, 2.24) is 4.57 Å². The molecule has 0 unspecified atom stereocenters. The smallest absolute Gasteiger partial charge is 0.234 e. The molecule has 2 nitrogen and oxygen atoms in total. The fourth-order valence-electron chi connectivity index (χ4n) is 5.09. The largest absolute Gasteiger partial charge is 0.256 e. The minimum absolute atomic E-state index is 1.23. The predicted octanol–water partition coefficient (Wildman–Crippen LogP) is 9.96. The van der Waals surface area contributed by atoms with Crippen molar-refractivity contribution in [2.75, 3.05) is 0 Å². The summed E-state index contributed by atoms with van der Waals surface area (Å²) in [7, 11) is 0. The second-order valence-corrected chi connectivity index (χ2v) is 10.6. The van der Waals surface area contributed by atoms with Crippen LogP contribution in [0.2, 0.25) is 0 Å². The molecular formula is C31H61N2+. The summed E-state index contributed by atoms with van der Waals surface area (Å²) >= 11 is 0. The summed E-state index contributed by atoms with van der Waals surface area (Å²) in [4.78, 5) is 0. The maximum Gasteiger partial charge on any atom is 0.256 e. The lowest BCUT2D eigenvalue weighted by Crippen LogP contribution is -2.37. The van der Waals surface area contributed by atoms with Crippen LogP contribution in [-0.2, 0) is 19.5 Å². The predicted molar refractivity (Wildman–Crippen MR) is 147 cm³/mol. The molecule has 0 fully saturated rings. The van der Waals surface area contributed by atoms with Gasteiger partial charge in [0.1, 0.15) is 12.4 Å². The first-order valence-corrected chi connectivity index (χ1v) is 15.4. The Morgan fingerprint density at radius 1 is 0.515 bits per heavy atom. The third-order valence-electron chi connectivity index (χ3n) is 7.35. The Hall–Kier alpha value is -0.790. The van der Waals surface area contributed by atoms with E-state index < -0.39 is 0 Å². The number of hydrogen-bond donors (Lipinski definition) is 0. The van der Waals surface area contributed by atoms with Crippen molar-refractivity contribution in [3.8, 4) is 0 Å². The molecule has 0 N–H and O–H groups in total.